The van der Waals surface area contributed by atoms with E-state index in [9.17, 15) is 25.9 Å². The van der Waals surface area contributed by atoms with Gasteiger partial charge in [0.25, 0.3) is 0 Å². The molecule has 0 N–H and O–H groups in total. The average Bonchev–Trinajstić information content (AvgIpc) is 0.864. The van der Waals surface area contributed by atoms with Crippen molar-refractivity contribution in [2.24, 2.45) is 0 Å². The molecule has 0 bridgehead atoms. The first kappa shape index (κ1) is 111. The molecule has 0 atom stereocenters. The van der Waals surface area contributed by atoms with Crippen LogP contribution in [0.2, 0.25) is 0 Å². The van der Waals surface area contributed by atoms with E-state index in [0.29, 0.717) is 0 Å². The Labute approximate surface area is 726 Å². The fourth-order valence-electron chi connectivity index (χ4n) is 17.0. The molecule has 0 spiro atoms. The minimum atomic E-state index is -4.35. The summed E-state index contributed by atoms with van der Waals surface area (Å²) in [7, 11) is -8.70. The van der Waals surface area contributed by atoms with Crippen molar-refractivity contribution >= 4 is 58.0 Å². The molecule has 648 valence electrons. The number of rotatable bonds is 90. The van der Waals surface area contributed by atoms with Gasteiger partial charge in [0.05, 0.1) is 9.79 Å². The molecule has 0 amide bonds. The molecule has 0 fully saturated rings. The molecule has 2 aromatic rings. The Morgan fingerprint density at radius 3 is 0.396 bits per heavy atom. The molecule has 0 heterocycles. The Kier molecular flexibility index (Phi) is 89.9. The van der Waals surface area contributed by atoms with Gasteiger partial charge in [0.2, 0.25) is 0 Å². The van der Waals surface area contributed by atoms with E-state index in [0.717, 1.165) is 36.8 Å². The van der Waals surface area contributed by atoms with Crippen LogP contribution in [0.25, 0.3) is 0 Å². The van der Waals surface area contributed by atoms with Crippen molar-refractivity contribution in [3.8, 4) is 0 Å². The monoisotopic (exact) mass is 1620 g/mol. The molecule has 0 aromatic heterocycles. The normalized spacial score (nSPS) is 11.8. The van der Waals surface area contributed by atoms with E-state index in [-0.39, 0.29) is 47.5 Å². The van der Waals surface area contributed by atoms with Crippen molar-refractivity contribution in [1.82, 2.24) is 0 Å². The van der Waals surface area contributed by atoms with Crippen molar-refractivity contribution in [2.75, 3.05) is 0 Å². The zero-order valence-electron chi connectivity index (χ0n) is 74.8. The molecule has 2 rings (SSSR count). The number of hydrogen-bond donors (Lipinski definition) is 0. The number of unbranched alkanes of at least 4 members (excludes halogenated alkanes) is 84. The quantitative estimate of drug-likeness (QED) is 0.0370. The van der Waals surface area contributed by atoms with Crippen LogP contribution in [0.4, 0.5) is 0 Å². The van der Waals surface area contributed by atoms with E-state index >= 15 is 0 Å². The summed E-state index contributed by atoms with van der Waals surface area (Å²) in [6.07, 6.45) is 125. The van der Waals surface area contributed by atoms with Gasteiger partial charge in [-0.05, 0) is 61.1 Å². The summed E-state index contributed by atoms with van der Waals surface area (Å²) in [6.45, 7) is 4.61. The maximum Gasteiger partial charge on any atom is 2.00 e. The Bertz CT molecular complexity index is 2180. The van der Waals surface area contributed by atoms with E-state index in [1.165, 1.54) is 564 Å². The van der Waals surface area contributed by atoms with Gasteiger partial charge in [0.1, 0.15) is 20.2 Å². The van der Waals surface area contributed by atoms with Gasteiger partial charge in [-0.1, -0.05) is 577 Å². The van der Waals surface area contributed by atoms with Crippen LogP contribution in [0, 0.1) is 0 Å². The molecule has 6 nitrogen and oxygen atoms in total. The Morgan fingerprint density at radius 2 is 0.288 bits per heavy atom. The van der Waals surface area contributed by atoms with E-state index < -0.39 is 20.2 Å². The van der Waals surface area contributed by atoms with E-state index in [2.05, 4.69) is 13.8 Å². The van der Waals surface area contributed by atoms with Gasteiger partial charge < -0.3 is 9.11 Å². The minimum absolute atomic E-state index is 0. The van der Waals surface area contributed by atoms with Crippen LogP contribution in [0.3, 0.4) is 0 Å². The molecule has 9 heteroatoms. The summed E-state index contributed by atoms with van der Waals surface area (Å²) in [5, 5.41) is 0. The molecule has 0 saturated heterocycles. The smallest absolute Gasteiger partial charge is 0.744 e. The third-order valence-corrected chi connectivity index (χ3v) is 26.2. The minimum Gasteiger partial charge on any atom is -0.744 e. The van der Waals surface area contributed by atoms with Gasteiger partial charge >= 0.3 is 37.7 Å². The molecule has 2 aromatic carbocycles. The summed E-state index contributed by atoms with van der Waals surface area (Å²) in [4.78, 5) is -0.209. The fraction of sp³-hybridized carbons (Fsp3) is 0.882. The zero-order valence-corrected chi connectivity index (χ0v) is 78.7. The molecule has 0 aliphatic rings. The number of hydrogen-bond acceptors (Lipinski definition) is 6. The van der Waals surface area contributed by atoms with Gasteiger partial charge in [-0.3, -0.25) is 0 Å². The Morgan fingerprint density at radius 1 is 0.180 bits per heavy atom. The molecular formula is C102H190CaO6S2. The molecular weight excluding hydrogens is 1430 g/mol. The zero-order chi connectivity index (χ0) is 79.2. The van der Waals surface area contributed by atoms with Crippen LogP contribution >= 0.6 is 0 Å². The summed E-state index contributed by atoms with van der Waals surface area (Å²) in [5.41, 5.74) is 1.91. The first-order chi connectivity index (χ1) is 54.1. The topological polar surface area (TPSA) is 114 Å². The maximum absolute atomic E-state index is 11.2. The second-order valence-electron chi connectivity index (χ2n) is 35.4. The Hall–Kier alpha value is -0.480. The van der Waals surface area contributed by atoms with Crippen molar-refractivity contribution < 1.29 is 25.9 Å². The maximum atomic E-state index is 11.2. The van der Waals surface area contributed by atoms with Crippen molar-refractivity contribution in [3.05, 3.63) is 59.7 Å². The summed E-state index contributed by atoms with van der Waals surface area (Å²) in [6, 6.07) is 13.0. The van der Waals surface area contributed by atoms with Crippen molar-refractivity contribution in [3.63, 3.8) is 0 Å². The van der Waals surface area contributed by atoms with Crippen LogP contribution in [-0.4, -0.2) is 63.7 Å². The predicted molar refractivity (Wildman–Crippen MR) is 490 cm³/mol. The number of aryl methyl sites for hydroxylation is 2. The van der Waals surface area contributed by atoms with E-state index in [4.69, 9.17) is 0 Å². The van der Waals surface area contributed by atoms with Crippen LogP contribution in [0.1, 0.15) is 577 Å². The molecule has 0 radical (unpaired) electrons. The summed E-state index contributed by atoms with van der Waals surface area (Å²) >= 11 is 0. The molecule has 0 aliphatic heterocycles. The predicted octanol–water partition coefficient (Wildman–Crippen LogP) is 35.5. The van der Waals surface area contributed by atoms with E-state index in [1.807, 2.05) is 12.1 Å². The molecule has 0 saturated carbocycles. The van der Waals surface area contributed by atoms with Gasteiger partial charge in [-0.2, -0.15) is 0 Å². The van der Waals surface area contributed by atoms with Gasteiger partial charge in [0, 0.05) is 0 Å². The molecule has 0 unspecified atom stereocenters. The van der Waals surface area contributed by atoms with Gasteiger partial charge in [0.15, 0.2) is 0 Å². The van der Waals surface area contributed by atoms with Crippen molar-refractivity contribution in [2.45, 2.75) is 589 Å². The first-order valence-corrected chi connectivity index (χ1v) is 53.0. The largest absolute Gasteiger partial charge is 2.00 e. The molecule has 111 heavy (non-hydrogen) atoms. The van der Waals surface area contributed by atoms with Crippen LogP contribution in [0.15, 0.2) is 58.3 Å². The molecule has 0 aliphatic carbocycles. The van der Waals surface area contributed by atoms with Gasteiger partial charge in [-0.15, -0.1) is 0 Å². The second-order valence-corrected chi connectivity index (χ2v) is 38.2. The average molecular weight is 1620 g/mol. The fourth-order valence-corrected chi connectivity index (χ4v) is 18.1. The standard InChI is InChI=1S/2C51H96O3S.Ca/c2*1-2-3-4-5-6-7-8-9-10-11-12-13-14-15-16-17-18-19-20-21-22-23-24-25-26-27-28-29-30-31-32-33-34-35-36-37-38-39-40-41-42-43-44-46-50-47-45-48-51(49-50)55(52,53)54;/h2*45,47-49H,2-44,46H2,1H3,(H,52,53,54);/q;;+2/p-2. The van der Waals surface area contributed by atoms with Crippen LogP contribution < -0.4 is 0 Å². The van der Waals surface area contributed by atoms with Crippen LogP contribution in [-0.2, 0) is 33.1 Å². The van der Waals surface area contributed by atoms with Gasteiger partial charge in [-0.25, -0.2) is 16.8 Å². The third-order valence-electron chi connectivity index (χ3n) is 24.5. The Balaban J connectivity index is 0.00000216. The third kappa shape index (κ3) is 85.7. The van der Waals surface area contributed by atoms with E-state index in [1.54, 1.807) is 12.1 Å². The SMILES string of the molecule is CCCCCCCCCCCCCCCCCCCCCCCCCCCCCCCCCCCCCCCCCCCCCc1cccc(S(=O)(=O)[O-])c1.CCCCCCCCCCCCCCCCCCCCCCCCCCCCCCCCCCCCCCCCCCCCCc1cccc(S(=O)(=O)[O-])c1.[Ca+2]. The van der Waals surface area contributed by atoms with Crippen molar-refractivity contribution in [1.29, 1.82) is 0 Å². The second kappa shape index (κ2) is 90.3. The number of benzene rings is 2. The van der Waals surface area contributed by atoms with Crippen LogP contribution in [0.5, 0.6) is 0 Å². The first-order valence-electron chi connectivity index (χ1n) is 50.2. The summed E-state index contributed by atoms with van der Waals surface area (Å²) < 4.78 is 67.1. The summed E-state index contributed by atoms with van der Waals surface area (Å²) in [5.74, 6) is 0.